The first-order valence-corrected chi connectivity index (χ1v) is 9.19. The minimum atomic E-state index is -3.58. The van der Waals surface area contributed by atoms with Gasteiger partial charge in [-0.15, -0.1) is 11.3 Å². The molecule has 8 heteroatoms. The largest absolute Gasteiger partial charge is 0.349 e. The van der Waals surface area contributed by atoms with Gasteiger partial charge in [-0.2, -0.15) is 0 Å². The Labute approximate surface area is 129 Å². The van der Waals surface area contributed by atoms with Crippen LogP contribution in [0.4, 0.5) is 0 Å². The highest BCUT2D eigenvalue weighted by Crippen LogP contribution is 2.22. The highest BCUT2D eigenvalue weighted by Gasteiger charge is 2.23. The van der Waals surface area contributed by atoms with Gasteiger partial charge in [0.15, 0.2) is 0 Å². The molecular formula is C13H20N4O2S2. The number of nitrogens with two attached hydrogens (primary N) is 1. The summed E-state index contributed by atoms with van der Waals surface area (Å²) < 4.78 is 29.6. The molecule has 6 nitrogen and oxygen atoms in total. The molecule has 2 rings (SSSR count). The Balaban J connectivity index is 2.27. The SMILES string of the molecule is CCC(NS(=O)(=O)c1cc(CN)n(CC)c1)c1nccs1. The van der Waals surface area contributed by atoms with Crippen LogP contribution >= 0.6 is 11.3 Å². The molecule has 0 aliphatic heterocycles. The molecule has 0 aromatic carbocycles. The molecular weight excluding hydrogens is 308 g/mol. The van der Waals surface area contributed by atoms with Gasteiger partial charge >= 0.3 is 0 Å². The summed E-state index contributed by atoms with van der Waals surface area (Å²) in [6, 6.07) is 1.32. The summed E-state index contributed by atoms with van der Waals surface area (Å²) in [6.07, 6.45) is 3.95. The van der Waals surface area contributed by atoms with E-state index in [1.54, 1.807) is 18.5 Å². The lowest BCUT2D eigenvalue weighted by Crippen LogP contribution is -2.28. The molecule has 0 saturated heterocycles. The van der Waals surface area contributed by atoms with Crippen molar-refractivity contribution in [1.29, 1.82) is 0 Å². The molecule has 0 fully saturated rings. The second-order valence-electron chi connectivity index (χ2n) is 4.61. The molecule has 1 atom stereocenters. The molecule has 116 valence electrons. The van der Waals surface area contributed by atoms with Gasteiger partial charge in [-0.3, -0.25) is 0 Å². The Bertz CT molecular complexity index is 656. The number of sulfonamides is 1. The van der Waals surface area contributed by atoms with Crippen molar-refractivity contribution in [2.45, 2.75) is 44.3 Å². The van der Waals surface area contributed by atoms with Crippen LogP contribution in [0.3, 0.4) is 0 Å². The predicted octanol–water partition coefficient (Wildman–Crippen LogP) is 1.85. The van der Waals surface area contributed by atoms with Crippen LogP contribution in [0.5, 0.6) is 0 Å². The van der Waals surface area contributed by atoms with E-state index in [-0.39, 0.29) is 10.9 Å². The van der Waals surface area contributed by atoms with Crippen LogP contribution in [-0.2, 0) is 23.1 Å². The Morgan fingerprint density at radius 2 is 2.24 bits per heavy atom. The van der Waals surface area contributed by atoms with Gasteiger partial charge in [-0.25, -0.2) is 18.1 Å². The summed E-state index contributed by atoms with van der Waals surface area (Å²) in [5.41, 5.74) is 6.45. The zero-order valence-electron chi connectivity index (χ0n) is 12.1. The second-order valence-corrected chi connectivity index (χ2v) is 7.25. The van der Waals surface area contributed by atoms with Crippen molar-refractivity contribution in [3.8, 4) is 0 Å². The van der Waals surface area contributed by atoms with Gasteiger partial charge in [0.1, 0.15) is 5.01 Å². The van der Waals surface area contributed by atoms with E-state index in [4.69, 9.17) is 5.73 Å². The average Bonchev–Trinajstić information content (AvgIpc) is 3.13. The zero-order valence-corrected chi connectivity index (χ0v) is 13.7. The molecule has 0 radical (unpaired) electrons. The number of nitrogens with zero attached hydrogens (tertiary/aromatic N) is 2. The topological polar surface area (TPSA) is 90.0 Å². The third kappa shape index (κ3) is 3.52. The van der Waals surface area contributed by atoms with Gasteiger partial charge < -0.3 is 10.3 Å². The molecule has 0 bridgehead atoms. The van der Waals surface area contributed by atoms with Crippen LogP contribution in [0.15, 0.2) is 28.7 Å². The molecule has 3 N–H and O–H groups in total. The molecule has 0 saturated carbocycles. The minimum absolute atomic E-state index is 0.250. The number of aryl methyl sites for hydroxylation is 1. The first-order valence-electron chi connectivity index (χ1n) is 6.82. The van der Waals surface area contributed by atoms with Crippen molar-refractivity contribution >= 4 is 21.4 Å². The van der Waals surface area contributed by atoms with Crippen molar-refractivity contribution in [2.75, 3.05) is 0 Å². The van der Waals surface area contributed by atoms with Crippen molar-refractivity contribution in [1.82, 2.24) is 14.3 Å². The first kappa shape index (κ1) is 16.2. The van der Waals surface area contributed by atoms with Crippen molar-refractivity contribution in [3.63, 3.8) is 0 Å². The van der Waals surface area contributed by atoms with Crippen molar-refractivity contribution < 1.29 is 8.42 Å². The second kappa shape index (κ2) is 6.69. The molecule has 0 spiro atoms. The van der Waals surface area contributed by atoms with E-state index in [0.717, 1.165) is 10.7 Å². The Morgan fingerprint density at radius 1 is 1.48 bits per heavy atom. The number of aromatic nitrogens is 2. The highest BCUT2D eigenvalue weighted by atomic mass is 32.2. The molecule has 0 amide bonds. The molecule has 2 aromatic heterocycles. The smallest absolute Gasteiger partial charge is 0.242 e. The normalized spacial score (nSPS) is 13.5. The fourth-order valence-electron chi connectivity index (χ4n) is 2.11. The minimum Gasteiger partial charge on any atom is -0.349 e. The van der Waals surface area contributed by atoms with E-state index in [0.29, 0.717) is 19.5 Å². The molecule has 0 aliphatic carbocycles. The van der Waals surface area contributed by atoms with E-state index in [1.165, 1.54) is 11.3 Å². The van der Waals surface area contributed by atoms with Gasteiger partial charge in [0.2, 0.25) is 10.0 Å². The maximum Gasteiger partial charge on any atom is 0.242 e. The van der Waals surface area contributed by atoms with Crippen LogP contribution in [0.1, 0.15) is 37.0 Å². The quantitative estimate of drug-likeness (QED) is 0.811. The van der Waals surface area contributed by atoms with Crippen LogP contribution < -0.4 is 10.5 Å². The van der Waals surface area contributed by atoms with Crippen molar-refractivity contribution in [3.05, 3.63) is 34.5 Å². The summed E-state index contributed by atoms with van der Waals surface area (Å²) in [7, 11) is -3.58. The van der Waals surface area contributed by atoms with E-state index in [1.807, 2.05) is 23.8 Å². The van der Waals surface area contributed by atoms with E-state index in [2.05, 4.69) is 9.71 Å². The lowest BCUT2D eigenvalue weighted by Gasteiger charge is -2.13. The third-order valence-corrected chi connectivity index (χ3v) is 5.60. The summed E-state index contributed by atoms with van der Waals surface area (Å²) in [5.74, 6) is 0. The van der Waals surface area contributed by atoms with Gasteiger partial charge in [0, 0.05) is 36.6 Å². The fraction of sp³-hybridized carbons (Fsp3) is 0.462. The summed E-state index contributed by atoms with van der Waals surface area (Å²) in [4.78, 5) is 4.44. The average molecular weight is 328 g/mol. The lowest BCUT2D eigenvalue weighted by molar-refractivity contribution is 0.548. The van der Waals surface area contributed by atoms with Gasteiger partial charge in [-0.05, 0) is 19.4 Å². The number of nitrogens with one attached hydrogen (secondary N) is 1. The van der Waals surface area contributed by atoms with Gasteiger partial charge in [0.25, 0.3) is 0 Å². The fourth-order valence-corrected chi connectivity index (χ4v) is 4.30. The Hall–Kier alpha value is -1.22. The summed E-state index contributed by atoms with van der Waals surface area (Å²) >= 11 is 1.45. The maximum atomic E-state index is 12.5. The molecule has 2 heterocycles. The van der Waals surface area contributed by atoms with Crippen LogP contribution in [0.25, 0.3) is 0 Å². The van der Waals surface area contributed by atoms with E-state index >= 15 is 0 Å². The number of rotatable bonds is 7. The standard InChI is InChI=1S/C13H20N4O2S2/c1-3-12(13-15-5-6-20-13)16-21(18,19)11-7-10(8-14)17(4-2)9-11/h5-7,9,12,16H,3-4,8,14H2,1-2H3. The number of thiazole rings is 1. The maximum absolute atomic E-state index is 12.5. The molecule has 2 aromatic rings. The van der Waals surface area contributed by atoms with Crippen LogP contribution in [0.2, 0.25) is 0 Å². The first-order chi connectivity index (χ1) is 10.0. The Kier molecular flexibility index (Phi) is 5.15. The lowest BCUT2D eigenvalue weighted by atomic mass is 10.3. The monoisotopic (exact) mass is 328 g/mol. The zero-order chi connectivity index (χ0) is 15.5. The van der Waals surface area contributed by atoms with E-state index in [9.17, 15) is 8.42 Å². The summed E-state index contributed by atoms with van der Waals surface area (Å²) in [5, 5.41) is 2.61. The van der Waals surface area contributed by atoms with Crippen LogP contribution in [0, 0.1) is 0 Å². The molecule has 1 unspecified atom stereocenters. The van der Waals surface area contributed by atoms with Gasteiger partial charge in [-0.1, -0.05) is 6.92 Å². The number of hydrogen-bond donors (Lipinski definition) is 2. The highest BCUT2D eigenvalue weighted by molar-refractivity contribution is 7.89. The molecule has 21 heavy (non-hydrogen) atoms. The van der Waals surface area contributed by atoms with Crippen molar-refractivity contribution in [2.24, 2.45) is 5.73 Å². The summed E-state index contributed by atoms with van der Waals surface area (Å²) in [6.45, 7) is 4.88. The predicted molar refractivity (Wildman–Crippen MR) is 83.5 cm³/mol. The molecule has 0 aliphatic rings. The van der Waals surface area contributed by atoms with Gasteiger partial charge in [0.05, 0.1) is 10.9 Å². The van der Waals surface area contributed by atoms with Crippen LogP contribution in [-0.4, -0.2) is 18.0 Å². The third-order valence-electron chi connectivity index (χ3n) is 3.28. The van der Waals surface area contributed by atoms with E-state index < -0.39 is 10.0 Å². The Morgan fingerprint density at radius 3 is 2.71 bits per heavy atom. The number of hydrogen-bond acceptors (Lipinski definition) is 5.